The molecular weight excluding hydrogens is 535 g/mol. The van der Waals surface area contributed by atoms with E-state index in [9.17, 15) is 18.8 Å². The van der Waals surface area contributed by atoms with E-state index in [-0.39, 0.29) is 12.2 Å². The number of anilines is 2. The lowest BCUT2D eigenvalue weighted by molar-refractivity contribution is -0.121. The number of hydrogen-bond donors (Lipinski definition) is 0. The molecule has 0 N–H and O–H groups in total. The van der Waals surface area contributed by atoms with Gasteiger partial charge in [0.2, 0.25) is 0 Å². The van der Waals surface area contributed by atoms with Crippen molar-refractivity contribution in [3.05, 3.63) is 138 Å². The first-order chi connectivity index (χ1) is 20.4. The van der Waals surface area contributed by atoms with Gasteiger partial charge in [-0.1, -0.05) is 60.7 Å². The van der Waals surface area contributed by atoms with Crippen molar-refractivity contribution >= 4 is 35.3 Å². The standard InChI is InChI=1S/C34H27FN2O5/c1-3-12-24-19-23(21-30(41-2)31(24)42-22-25-13-10-11-18-29(25)35)20-28-32(38)36(26-14-6-4-7-15-26)34(40)37(33(28)39)27-16-8-5-9-17-27/h3-11,13-21H,1,12,22H2,2H3. The molecule has 1 saturated heterocycles. The van der Waals surface area contributed by atoms with Crippen LogP contribution in [-0.2, 0) is 22.6 Å². The molecule has 0 spiro atoms. The molecule has 4 aromatic carbocycles. The molecule has 8 heteroatoms. The van der Waals surface area contributed by atoms with E-state index >= 15 is 0 Å². The van der Waals surface area contributed by atoms with Crippen LogP contribution in [0.15, 0.2) is 115 Å². The molecular formula is C34H27FN2O5. The highest BCUT2D eigenvalue weighted by Gasteiger charge is 2.43. The number of ether oxygens (including phenoxy) is 2. The molecule has 0 aliphatic carbocycles. The number of allylic oxidation sites excluding steroid dienone is 1. The number of hydrogen-bond acceptors (Lipinski definition) is 5. The highest BCUT2D eigenvalue weighted by Crippen LogP contribution is 2.36. The first kappa shape index (κ1) is 28.0. The molecule has 0 aromatic heterocycles. The molecule has 0 unspecified atom stereocenters. The molecule has 1 heterocycles. The quantitative estimate of drug-likeness (QED) is 0.129. The normalized spacial score (nSPS) is 13.3. The molecule has 0 saturated carbocycles. The third-order valence-corrected chi connectivity index (χ3v) is 6.66. The van der Waals surface area contributed by atoms with Crippen molar-refractivity contribution in [1.29, 1.82) is 0 Å². The predicted molar refractivity (Wildman–Crippen MR) is 159 cm³/mol. The van der Waals surface area contributed by atoms with E-state index in [0.717, 1.165) is 9.80 Å². The number of benzene rings is 4. The monoisotopic (exact) mass is 562 g/mol. The zero-order valence-electron chi connectivity index (χ0n) is 22.8. The molecule has 0 bridgehead atoms. The lowest BCUT2D eigenvalue weighted by atomic mass is 10.0. The molecule has 5 rings (SSSR count). The summed E-state index contributed by atoms with van der Waals surface area (Å²) in [7, 11) is 1.46. The largest absolute Gasteiger partial charge is 0.493 e. The third kappa shape index (κ3) is 5.55. The van der Waals surface area contributed by atoms with E-state index in [2.05, 4.69) is 6.58 Å². The van der Waals surface area contributed by atoms with Crippen LogP contribution in [-0.4, -0.2) is 25.0 Å². The van der Waals surface area contributed by atoms with E-state index < -0.39 is 23.7 Å². The second kappa shape index (κ2) is 12.3. The van der Waals surface area contributed by atoms with Gasteiger partial charge in [0.1, 0.15) is 18.0 Å². The Bertz CT molecular complexity index is 1620. The van der Waals surface area contributed by atoms with E-state index in [1.165, 1.54) is 19.3 Å². The number of imide groups is 2. The number of carbonyl (C=O) groups excluding carboxylic acids is 3. The van der Waals surface area contributed by atoms with Crippen LogP contribution < -0.4 is 19.3 Å². The Hall–Kier alpha value is -5.50. The van der Waals surface area contributed by atoms with Crippen LogP contribution in [0.4, 0.5) is 20.6 Å². The summed E-state index contributed by atoms with van der Waals surface area (Å²) in [5.74, 6) is -1.20. The Balaban J connectivity index is 1.59. The first-order valence-electron chi connectivity index (χ1n) is 13.2. The number of amides is 4. The topological polar surface area (TPSA) is 76.2 Å². The number of urea groups is 1. The maximum atomic E-state index is 14.2. The van der Waals surface area contributed by atoms with E-state index in [1.54, 1.807) is 97.1 Å². The summed E-state index contributed by atoms with van der Waals surface area (Å²) in [6, 6.07) is 25.7. The van der Waals surface area contributed by atoms with Crippen LogP contribution in [0.3, 0.4) is 0 Å². The second-order valence-electron chi connectivity index (χ2n) is 9.38. The lowest BCUT2D eigenvalue weighted by Gasteiger charge is -2.34. The van der Waals surface area contributed by atoms with Gasteiger partial charge in [-0.3, -0.25) is 9.59 Å². The number of methoxy groups -OCH3 is 1. The van der Waals surface area contributed by atoms with Gasteiger partial charge in [0.05, 0.1) is 18.5 Å². The van der Waals surface area contributed by atoms with Crippen molar-refractivity contribution in [2.45, 2.75) is 13.0 Å². The SMILES string of the molecule is C=CCc1cc(C=C2C(=O)N(c3ccccc3)C(=O)N(c3ccccc3)C2=O)cc(OC)c1OCc1ccccc1F. The highest BCUT2D eigenvalue weighted by atomic mass is 19.1. The van der Waals surface area contributed by atoms with Gasteiger partial charge >= 0.3 is 6.03 Å². The molecule has 1 aliphatic heterocycles. The Morgan fingerprint density at radius 2 is 1.36 bits per heavy atom. The van der Waals surface area contributed by atoms with Crippen molar-refractivity contribution in [3.8, 4) is 11.5 Å². The predicted octanol–water partition coefficient (Wildman–Crippen LogP) is 6.73. The summed E-state index contributed by atoms with van der Waals surface area (Å²) in [6.45, 7) is 3.78. The number of rotatable bonds is 9. The fraction of sp³-hybridized carbons (Fsp3) is 0.0882. The minimum atomic E-state index is -0.777. The molecule has 42 heavy (non-hydrogen) atoms. The fourth-order valence-corrected chi connectivity index (χ4v) is 4.66. The van der Waals surface area contributed by atoms with E-state index in [0.29, 0.717) is 46.0 Å². The number of barbiturate groups is 1. The maximum absolute atomic E-state index is 14.2. The van der Waals surface area contributed by atoms with Crippen molar-refractivity contribution in [1.82, 2.24) is 0 Å². The van der Waals surface area contributed by atoms with Crippen molar-refractivity contribution in [2.24, 2.45) is 0 Å². The van der Waals surface area contributed by atoms with Crippen LogP contribution in [0.25, 0.3) is 6.08 Å². The number of halogens is 1. The van der Waals surface area contributed by atoms with Gasteiger partial charge in [-0.05, 0) is 60.5 Å². The zero-order valence-corrected chi connectivity index (χ0v) is 22.8. The van der Waals surface area contributed by atoms with Crippen LogP contribution in [0, 0.1) is 5.82 Å². The summed E-state index contributed by atoms with van der Waals surface area (Å²) in [4.78, 5) is 43.0. The van der Waals surface area contributed by atoms with Gasteiger partial charge in [-0.2, -0.15) is 0 Å². The third-order valence-electron chi connectivity index (χ3n) is 6.66. The average Bonchev–Trinajstić information content (AvgIpc) is 3.00. The summed E-state index contributed by atoms with van der Waals surface area (Å²) in [6.07, 6.45) is 3.47. The van der Waals surface area contributed by atoms with E-state index in [4.69, 9.17) is 9.47 Å². The molecule has 0 atom stereocenters. The summed E-state index contributed by atoms with van der Waals surface area (Å²) in [5, 5.41) is 0. The molecule has 0 radical (unpaired) electrons. The van der Waals surface area contributed by atoms with Gasteiger partial charge in [-0.15, -0.1) is 6.58 Å². The van der Waals surface area contributed by atoms with Crippen molar-refractivity contribution < 1.29 is 28.2 Å². The minimum absolute atomic E-state index is 0.0369. The minimum Gasteiger partial charge on any atom is -0.493 e. The fourth-order valence-electron chi connectivity index (χ4n) is 4.66. The molecule has 210 valence electrons. The molecule has 4 amide bonds. The van der Waals surface area contributed by atoms with Gasteiger partial charge in [0.15, 0.2) is 11.5 Å². The van der Waals surface area contributed by atoms with Gasteiger partial charge < -0.3 is 9.47 Å². The molecule has 1 aliphatic rings. The Morgan fingerprint density at radius 1 is 0.786 bits per heavy atom. The number of carbonyl (C=O) groups is 3. The Labute approximate surface area is 242 Å². The van der Waals surface area contributed by atoms with Crippen molar-refractivity contribution in [2.75, 3.05) is 16.9 Å². The first-order valence-corrected chi connectivity index (χ1v) is 13.2. The summed E-state index contributed by atoms with van der Waals surface area (Å²) >= 11 is 0. The molecule has 7 nitrogen and oxygen atoms in total. The van der Waals surface area contributed by atoms with Crippen LogP contribution in [0.1, 0.15) is 16.7 Å². The van der Waals surface area contributed by atoms with Crippen LogP contribution in [0.5, 0.6) is 11.5 Å². The smallest absolute Gasteiger partial charge is 0.343 e. The van der Waals surface area contributed by atoms with Crippen molar-refractivity contribution in [3.63, 3.8) is 0 Å². The summed E-state index contributed by atoms with van der Waals surface area (Å²) in [5.41, 5.74) is 1.93. The number of nitrogens with zero attached hydrogens (tertiary/aromatic N) is 2. The Morgan fingerprint density at radius 3 is 1.90 bits per heavy atom. The van der Waals surface area contributed by atoms with Gasteiger partial charge in [-0.25, -0.2) is 19.0 Å². The molecule has 1 fully saturated rings. The Kier molecular flexibility index (Phi) is 8.24. The van der Waals surface area contributed by atoms with Gasteiger partial charge in [0.25, 0.3) is 11.8 Å². The number of para-hydroxylation sites is 2. The zero-order chi connectivity index (χ0) is 29.6. The summed E-state index contributed by atoms with van der Waals surface area (Å²) < 4.78 is 25.8. The van der Waals surface area contributed by atoms with Crippen LogP contribution >= 0.6 is 0 Å². The van der Waals surface area contributed by atoms with Gasteiger partial charge in [0, 0.05) is 11.1 Å². The van der Waals surface area contributed by atoms with Crippen LogP contribution in [0.2, 0.25) is 0 Å². The average molecular weight is 563 g/mol. The second-order valence-corrected chi connectivity index (χ2v) is 9.38. The highest BCUT2D eigenvalue weighted by molar-refractivity contribution is 6.46. The maximum Gasteiger partial charge on any atom is 0.343 e. The van der Waals surface area contributed by atoms with E-state index in [1.807, 2.05) is 0 Å². The molecule has 4 aromatic rings. The lowest BCUT2D eigenvalue weighted by Crippen LogP contribution is -2.57.